The number of hydrogen-bond donors (Lipinski definition) is 0. The van der Waals surface area contributed by atoms with Crippen molar-refractivity contribution in [2.45, 2.75) is 33.6 Å². The van der Waals surface area contributed by atoms with Gasteiger partial charge in [-0.25, -0.2) is 4.99 Å². The zero-order chi connectivity index (χ0) is 9.73. The van der Waals surface area contributed by atoms with E-state index in [2.05, 4.69) is 38.3 Å². The lowest BCUT2D eigenvalue weighted by Crippen LogP contribution is -2.43. The minimum atomic E-state index is 0.728. The molecule has 0 N–H and O–H groups in total. The molecule has 74 valence electrons. The highest BCUT2D eigenvalue weighted by Gasteiger charge is 2.26. The maximum atomic E-state index is 4.21. The molecule has 0 saturated heterocycles. The van der Waals surface area contributed by atoms with Gasteiger partial charge in [0.1, 0.15) is 6.20 Å². The Labute approximate surface area is 81.6 Å². The van der Waals surface area contributed by atoms with Gasteiger partial charge in [-0.1, -0.05) is 27.2 Å². The molecule has 0 bridgehead atoms. The maximum Gasteiger partial charge on any atom is 0.194 e. The minimum absolute atomic E-state index is 0.728. The van der Waals surface area contributed by atoms with E-state index < -0.39 is 0 Å². The fraction of sp³-hybridized carbons (Fsp3) is 0.727. The van der Waals surface area contributed by atoms with Crippen LogP contribution in [-0.2, 0) is 0 Å². The average Bonchev–Trinajstić information content (AvgIpc) is 2.49. The maximum absolute atomic E-state index is 4.21. The Kier molecular flexibility index (Phi) is 3.67. The van der Waals surface area contributed by atoms with Crippen molar-refractivity contribution >= 4 is 6.34 Å². The van der Waals surface area contributed by atoms with Crippen LogP contribution in [-0.4, -0.2) is 23.9 Å². The Bertz CT molecular complexity index is 192. The highest BCUT2D eigenvalue weighted by atomic mass is 15.4. The molecule has 13 heavy (non-hydrogen) atoms. The first-order valence-corrected chi connectivity index (χ1v) is 5.27. The molecule has 1 heterocycles. The Morgan fingerprint density at radius 3 is 2.62 bits per heavy atom. The van der Waals surface area contributed by atoms with Crippen LogP contribution in [0.25, 0.3) is 0 Å². The molecule has 2 heteroatoms. The van der Waals surface area contributed by atoms with E-state index in [0.717, 1.165) is 10.4 Å². The lowest BCUT2D eigenvalue weighted by atomic mass is 10.1. The van der Waals surface area contributed by atoms with Gasteiger partial charge < -0.3 is 0 Å². The predicted octanol–water partition coefficient (Wildman–Crippen LogP) is 2.77. The summed E-state index contributed by atoms with van der Waals surface area (Å²) < 4.78 is 0.964. The molecule has 0 aliphatic carbocycles. The van der Waals surface area contributed by atoms with E-state index in [0.29, 0.717) is 0 Å². The zero-order valence-corrected chi connectivity index (χ0v) is 9.03. The Morgan fingerprint density at radius 2 is 2.15 bits per heavy atom. The molecular formula is C11H21N2+. The largest absolute Gasteiger partial charge is 0.253 e. The van der Waals surface area contributed by atoms with Gasteiger partial charge in [-0.15, -0.1) is 0 Å². The minimum Gasteiger partial charge on any atom is -0.253 e. The van der Waals surface area contributed by atoms with Gasteiger partial charge in [0.2, 0.25) is 0 Å². The summed E-state index contributed by atoms with van der Waals surface area (Å²) in [6.45, 7) is 9.16. The summed E-state index contributed by atoms with van der Waals surface area (Å²) in [4.78, 5) is 4.21. The van der Waals surface area contributed by atoms with Crippen LogP contribution in [0.4, 0.5) is 0 Å². The summed E-state index contributed by atoms with van der Waals surface area (Å²) in [5.74, 6) is 0.728. The van der Waals surface area contributed by atoms with Crippen LogP contribution in [0.15, 0.2) is 17.4 Å². The summed E-state index contributed by atoms with van der Waals surface area (Å²) >= 11 is 0. The van der Waals surface area contributed by atoms with Crippen molar-refractivity contribution in [1.82, 2.24) is 0 Å². The van der Waals surface area contributed by atoms with Crippen LogP contribution < -0.4 is 0 Å². The molecular weight excluding hydrogens is 160 g/mol. The first kappa shape index (κ1) is 10.5. The number of hydrogen-bond acceptors (Lipinski definition) is 1. The molecule has 2 nitrogen and oxygen atoms in total. The molecule has 0 aromatic rings. The second-order valence-electron chi connectivity index (χ2n) is 4.32. The Balaban J connectivity index is 2.54. The molecule has 0 saturated carbocycles. The zero-order valence-electron chi connectivity index (χ0n) is 9.03. The van der Waals surface area contributed by atoms with E-state index in [9.17, 15) is 0 Å². The van der Waals surface area contributed by atoms with Crippen molar-refractivity contribution < 1.29 is 4.48 Å². The van der Waals surface area contributed by atoms with Crippen LogP contribution >= 0.6 is 0 Å². The van der Waals surface area contributed by atoms with Crippen molar-refractivity contribution in [3.63, 3.8) is 0 Å². The van der Waals surface area contributed by atoms with Crippen molar-refractivity contribution in [2.24, 2.45) is 10.9 Å². The topological polar surface area (TPSA) is 12.4 Å². The van der Waals surface area contributed by atoms with Crippen molar-refractivity contribution in [1.29, 1.82) is 0 Å². The molecule has 0 aromatic carbocycles. The highest BCUT2D eigenvalue weighted by Crippen LogP contribution is 2.16. The van der Waals surface area contributed by atoms with Gasteiger partial charge in [-0.3, -0.25) is 4.48 Å². The summed E-state index contributed by atoms with van der Waals surface area (Å²) in [6, 6.07) is 0. The molecule has 0 radical (unpaired) electrons. The summed E-state index contributed by atoms with van der Waals surface area (Å²) in [5, 5.41) is 0. The predicted molar refractivity (Wildman–Crippen MR) is 57.4 cm³/mol. The Morgan fingerprint density at radius 1 is 1.38 bits per heavy atom. The standard InChI is InChI=1S/C11H21N2/c1-4-5-7-13(9-11(2)3)8-6-12-10-13/h6,8,10-11H,4-5,7,9H2,1-3H3/q+1. The van der Waals surface area contributed by atoms with Gasteiger partial charge in [-0.05, 0) is 6.42 Å². The first-order valence-electron chi connectivity index (χ1n) is 5.27. The van der Waals surface area contributed by atoms with Gasteiger partial charge in [-0.2, -0.15) is 0 Å². The SMILES string of the molecule is CCCC[N+]1(CC(C)C)C=CN=C1. The van der Waals surface area contributed by atoms with Crippen LogP contribution in [0.1, 0.15) is 33.6 Å². The van der Waals surface area contributed by atoms with E-state index in [-0.39, 0.29) is 0 Å². The molecule has 1 unspecified atom stereocenters. The van der Waals surface area contributed by atoms with Crippen LogP contribution in [0.3, 0.4) is 0 Å². The molecule has 0 spiro atoms. The number of nitrogens with zero attached hydrogens (tertiary/aromatic N) is 2. The van der Waals surface area contributed by atoms with E-state index in [1.54, 1.807) is 0 Å². The Hall–Kier alpha value is -0.630. The number of aliphatic imine (C=N–C) groups is 1. The lowest BCUT2D eigenvalue weighted by Gasteiger charge is -2.29. The summed E-state index contributed by atoms with van der Waals surface area (Å²) in [6.07, 6.45) is 8.77. The van der Waals surface area contributed by atoms with Gasteiger partial charge in [0.15, 0.2) is 6.34 Å². The second kappa shape index (κ2) is 4.56. The quantitative estimate of drug-likeness (QED) is 0.578. The molecule has 1 atom stereocenters. The van der Waals surface area contributed by atoms with Gasteiger partial charge in [0, 0.05) is 5.92 Å². The summed E-state index contributed by atoms with van der Waals surface area (Å²) in [5.41, 5.74) is 0. The molecule has 0 amide bonds. The normalized spacial score (nSPS) is 26.2. The van der Waals surface area contributed by atoms with E-state index in [4.69, 9.17) is 0 Å². The molecule has 0 aromatic heterocycles. The van der Waals surface area contributed by atoms with Gasteiger partial charge in [0.25, 0.3) is 0 Å². The summed E-state index contributed by atoms with van der Waals surface area (Å²) in [7, 11) is 0. The molecule has 1 aliphatic heterocycles. The lowest BCUT2D eigenvalue weighted by molar-refractivity contribution is -0.783. The number of quaternary nitrogens is 1. The van der Waals surface area contributed by atoms with Gasteiger partial charge >= 0.3 is 0 Å². The fourth-order valence-corrected chi connectivity index (χ4v) is 1.84. The third-order valence-corrected chi connectivity index (χ3v) is 2.38. The van der Waals surface area contributed by atoms with Crippen LogP contribution in [0.2, 0.25) is 0 Å². The third-order valence-electron chi connectivity index (χ3n) is 2.38. The highest BCUT2D eigenvalue weighted by molar-refractivity contribution is 5.50. The average molecular weight is 181 g/mol. The van der Waals surface area contributed by atoms with Crippen LogP contribution in [0, 0.1) is 5.92 Å². The smallest absolute Gasteiger partial charge is 0.194 e. The van der Waals surface area contributed by atoms with Crippen molar-refractivity contribution in [2.75, 3.05) is 13.1 Å². The molecule has 1 rings (SSSR count). The number of unbranched alkanes of at least 4 members (excludes halogenated alkanes) is 1. The molecule has 0 fully saturated rings. The molecule has 1 aliphatic rings. The van der Waals surface area contributed by atoms with Crippen molar-refractivity contribution in [3.05, 3.63) is 12.4 Å². The van der Waals surface area contributed by atoms with Crippen LogP contribution in [0.5, 0.6) is 0 Å². The van der Waals surface area contributed by atoms with E-state index in [1.807, 2.05) is 6.20 Å². The van der Waals surface area contributed by atoms with E-state index >= 15 is 0 Å². The van der Waals surface area contributed by atoms with Gasteiger partial charge in [0.05, 0.1) is 19.3 Å². The third kappa shape index (κ3) is 2.96. The first-order chi connectivity index (χ1) is 6.18. The second-order valence-corrected chi connectivity index (χ2v) is 4.32. The fourth-order valence-electron chi connectivity index (χ4n) is 1.84. The number of rotatable bonds is 5. The van der Waals surface area contributed by atoms with Crippen molar-refractivity contribution in [3.8, 4) is 0 Å². The van der Waals surface area contributed by atoms with E-state index in [1.165, 1.54) is 25.9 Å². The monoisotopic (exact) mass is 181 g/mol.